The molecule has 1 aromatic carbocycles. The Bertz CT molecular complexity index is 437. The molecule has 0 bridgehead atoms. The van der Waals surface area contributed by atoms with Crippen LogP contribution in [0.1, 0.15) is 45.1 Å². The first-order chi connectivity index (χ1) is 8.97. The lowest BCUT2D eigenvalue weighted by Gasteiger charge is -2.39. The fourth-order valence-corrected chi connectivity index (χ4v) is 2.83. The molecule has 1 aliphatic carbocycles. The van der Waals surface area contributed by atoms with Gasteiger partial charge in [-0.05, 0) is 36.0 Å². The second-order valence-corrected chi connectivity index (χ2v) is 6.27. The Balaban J connectivity index is 1.92. The van der Waals surface area contributed by atoms with Crippen LogP contribution in [0.15, 0.2) is 24.3 Å². The van der Waals surface area contributed by atoms with Crippen molar-refractivity contribution in [1.82, 2.24) is 5.32 Å². The third-order valence-corrected chi connectivity index (χ3v) is 4.19. The minimum absolute atomic E-state index is 0.116. The molecule has 19 heavy (non-hydrogen) atoms. The Morgan fingerprint density at radius 1 is 1.32 bits per heavy atom. The molecule has 1 amide bonds. The summed E-state index contributed by atoms with van der Waals surface area (Å²) in [6.07, 6.45) is 5.22. The van der Waals surface area contributed by atoms with Gasteiger partial charge in [-0.2, -0.15) is 0 Å². The number of anilines is 1. The topological polar surface area (TPSA) is 55.1 Å². The lowest BCUT2D eigenvalue weighted by atomic mass is 9.73. The van der Waals surface area contributed by atoms with Crippen LogP contribution < -0.4 is 11.1 Å². The molecule has 1 atom stereocenters. The molecule has 104 valence electrons. The highest BCUT2D eigenvalue weighted by Crippen LogP contribution is 2.35. The standard InChI is InChI=1S/C16H24N2O/c1-16(2)10-4-3-5-14(16)18-15(19)11-12-6-8-13(17)9-7-12/h6-9,14H,3-5,10-11,17H2,1-2H3,(H,18,19). The molecule has 1 saturated carbocycles. The molecule has 0 aromatic heterocycles. The summed E-state index contributed by atoms with van der Waals surface area (Å²) in [6, 6.07) is 7.82. The number of carbonyl (C=O) groups excluding carboxylic acids is 1. The Labute approximate surface area is 115 Å². The highest BCUT2D eigenvalue weighted by molar-refractivity contribution is 5.79. The first-order valence-electron chi connectivity index (χ1n) is 7.11. The number of nitrogens with two attached hydrogens (primary N) is 1. The van der Waals surface area contributed by atoms with E-state index in [1.54, 1.807) is 0 Å². The number of hydrogen-bond acceptors (Lipinski definition) is 2. The molecule has 1 aromatic rings. The highest BCUT2D eigenvalue weighted by atomic mass is 16.1. The molecule has 0 aliphatic heterocycles. The van der Waals surface area contributed by atoms with Crippen molar-refractivity contribution in [2.75, 3.05) is 5.73 Å². The maximum atomic E-state index is 12.1. The molecule has 0 spiro atoms. The van der Waals surface area contributed by atoms with Crippen molar-refractivity contribution in [3.05, 3.63) is 29.8 Å². The van der Waals surface area contributed by atoms with Crippen LogP contribution in [0.2, 0.25) is 0 Å². The van der Waals surface area contributed by atoms with Crippen LogP contribution >= 0.6 is 0 Å². The molecule has 3 heteroatoms. The summed E-state index contributed by atoms with van der Waals surface area (Å²) in [5.74, 6) is 0.116. The van der Waals surface area contributed by atoms with Gasteiger partial charge in [-0.3, -0.25) is 4.79 Å². The van der Waals surface area contributed by atoms with E-state index in [2.05, 4.69) is 19.2 Å². The van der Waals surface area contributed by atoms with Crippen LogP contribution in [0, 0.1) is 5.41 Å². The van der Waals surface area contributed by atoms with Gasteiger partial charge in [0.15, 0.2) is 0 Å². The average Bonchev–Trinajstić information content (AvgIpc) is 2.35. The van der Waals surface area contributed by atoms with Gasteiger partial charge in [-0.25, -0.2) is 0 Å². The first kappa shape index (κ1) is 13.9. The third-order valence-electron chi connectivity index (χ3n) is 4.19. The van der Waals surface area contributed by atoms with Gasteiger partial charge in [0.1, 0.15) is 0 Å². The zero-order chi connectivity index (χ0) is 13.9. The number of nitrogens with one attached hydrogen (secondary N) is 1. The number of rotatable bonds is 3. The predicted octanol–water partition coefficient (Wildman–Crippen LogP) is 2.90. The van der Waals surface area contributed by atoms with E-state index in [1.165, 1.54) is 19.3 Å². The second-order valence-electron chi connectivity index (χ2n) is 6.27. The fraction of sp³-hybridized carbons (Fsp3) is 0.562. The van der Waals surface area contributed by atoms with E-state index in [0.29, 0.717) is 12.5 Å². The minimum atomic E-state index is 0.116. The largest absolute Gasteiger partial charge is 0.399 e. The summed E-state index contributed by atoms with van der Waals surface area (Å²) >= 11 is 0. The van der Waals surface area contributed by atoms with E-state index in [4.69, 9.17) is 5.73 Å². The van der Waals surface area contributed by atoms with Crippen molar-refractivity contribution in [2.24, 2.45) is 5.41 Å². The zero-order valence-corrected chi connectivity index (χ0v) is 11.9. The molecular formula is C16H24N2O. The first-order valence-corrected chi connectivity index (χ1v) is 7.11. The Morgan fingerprint density at radius 3 is 2.63 bits per heavy atom. The van der Waals surface area contributed by atoms with Gasteiger partial charge >= 0.3 is 0 Å². The summed E-state index contributed by atoms with van der Waals surface area (Å²) in [7, 11) is 0. The van der Waals surface area contributed by atoms with Gasteiger partial charge in [0.25, 0.3) is 0 Å². The smallest absolute Gasteiger partial charge is 0.224 e. The molecule has 3 nitrogen and oxygen atoms in total. The van der Waals surface area contributed by atoms with Crippen molar-refractivity contribution in [2.45, 2.75) is 52.0 Å². The van der Waals surface area contributed by atoms with Crippen LogP contribution in [-0.2, 0) is 11.2 Å². The van der Waals surface area contributed by atoms with Crippen molar-refractivity contribution >= 4 is 11.6 Å². The van der Waals surface area contributed by atoms with Crippen LogP contribution in [0.25, 0.3) is 0 Å². The molecule has 2 rings (SSSR count). The van der Waals surface area contributed by atoms with E-state index in [0.717, 1.165) is 17.7 Å². The SMILES string of the molecule is CC1(C)CCCCC1NC(=O)Cc1ccc(N)cc1. The van der Waals surface area contributed by atoms with Gasteiger partial charge in [-0.1, -0.05) is 38.8 Å². The molecule has 0 radical (unpaired) electrons. The Hall–Kier alpha value is -1.51. The number of benzene rings is 1. The van der Waals surface area contributed by atoms with Gasteiger partial charge in [0, 0.05) is 11.7 Å². The highest BCUT2D eigenvalue weighted by Gasteiger charge is 2.32. The lowest BCUT2D eigenvalue weighted by molar-refractivity contribution is -0.122. The molecule has 1 aliphatic rings. The summed E-state index contributed by atoms with van der Waals surface area (Å²) < 4.78 is 0. The summed E-state index contributed by atoms with van der Waals surface area (Å²) in [4.78, 5) is 12.1. The number of hydrogen-bond donors (Lipinski definition) is 2. The Morgan fingerprint density at radius 2 is 2.00 bits per heavy atom. The van der Waals surface area contributed by atoms with Gasteiger partial charge < -0.3 is 11.1 Å². The van der Waals surface area contributed by atoms with E-state index in [9.17, 15) is 4.79 Å². The molecule has 1 unspecified atom stereocenters. The van der Waals surface area contributed by atoms with Crippen molar-refractivity contribution in [1.29, 1.82) is 0 Å². The van der Waals surface area contributed by atoms with Crippen molar-refractivity contribution < 1.29 is 4.79 Å². The van der Waals surface area contributed by atoms with Crippen molar-refractivity contribution in [3.63, 3.8) is 0 Å². The van der Waals surface area contributed by atoms with Crippen LogP contribution in [0.5, 0.6) is 0 Å². The molecular weight excluding hydrogens is 236 g/mol. The maximum absolute atomic E-state index is 12.1. The van der Waals surface area contributed by atoms with Gasteiger partial charge in [0.05, 0.1) is 6.42 Å². The van der Waals surface area contributed by atoms with Crippen LogP contribution in [0.3, 0.4) is 0 Å². The van der Waals surface area contributed by atoms with Crippen molar-refractivity contribution in [3.8, 4) is 0 Å². The Kier molecular flexibility index (Phi) is 4.13. The molecule has 1 fully saturated rings. The number of nitrogen functional groups attached to an aromatic ring is 1. The molecule has 3 N–H and O–H groups in total. The van der Waals surface area contributed by atoms with Crippen LogP contribution in [0.4, 0.5) is 5.69 Å². The predicted molar refractivity (Wildman–Crippen MR) is 78.7 cm³/mol. The van der Waals surface area contributed by atoms with Gasteiger partial charge in [-0.15, -0.1) is 0 Å². The van der Waals surface area contributed by atoms with Crippen LogP contribution in [-0.4, -0.2) is 11.9 Å². The minimum Gasteiger partial charge on any atom is -0.399 e. The van der Waals surface area contributed by atoms with Gasteiger partial charge in [0.2, 0.25) is 5.91 Å². The van der Waals surface area contributed by atoms with E-state index >= 15 is 0 Å². The molecule has 0 saturated heterocycles. The monoisotopic (exact) mass is 260 g/mol. The average molecular weight is 260 g/mol. The summed E-state index contributed by atoms with van der Waals surface area (Å²) in [6.45, 7) is 4.50. The normalized spacial score (nSPS) is 21.9. The van der Waals surface area contributed by atoms with E-state index < -0.39 is 0 Å². The number of carbonyl (C=O) groups is 1. The van der Waals surface area contributed by atoms with E-state index in [-0.39, 0.29) is 11.3 Å². The number of amides is 1. The quantitative estimate of drug-likeness (QED) is 0.821. The third kappa shape index (κ3) is 3.72. The summed E-state index contributed by atoms with van der Waals surface area (Å²) in [5.41, 5.74) is 7.61. The second kappa shape index (κ2) is 5.64. The zero-order valence-electron chi connectivity index (χ0n) is 11.9. The fourth-order valence-electron chi connectivity index (χ4n) is 2.83. The summed E-state index contributed by atoms with van der Waals surface area (Å²) in [5, 5.41) is 3.20. The lowest BCUT2D eigenvalue weighted by Crippen LogP contribution is -2.47. The molecule has 0 heterocycles. The maximum Gasteiger partial charge on any atom is 0.224 e. The van der Waals surface area contributed by atoms with E-state index in [1.807, 2.05) is 24.3 Å².